The van der Waals surface area contributed by atoms with Crippen LogP contribution < -0.4 is 0 Å². The van der Waals surface area contributed by atoms with Crippen molar-refractivity contribution in [2.75, 3.05) is 53.2 Å². The second-order valence-corrected chi connectivity index (χ2v) is 9.38. The van der Waals surface area contributed by atoms with Crippen molar-refractivity contribution in [1.29, 1.82) is 0 Å². The Hall–Kier alpha value is -2.08. The minimum atomic E-state index is -1.10. The highest BCUT2D eigenvalue weighted by Gasteiger charge is 2.49. The molecule has 1 aromatic rings. The van der Waals surface area contributed by atoms with Gasteiger partial charge < -0.3 is 37.9 Å². The molecule has 0 aromatic heterocycles. The van der Waals surface area contributed by atoms with Crippen LogP contribution in [0.15, 0.2) is 30.3 Å². The van der Waals surface area contributed by atoms with Crippen molar-refractivity contribution in [1.82, 2.24) is 0 Å². The Morgan fingerprint density at radius 1 is 0.861 bits per heavy atom. The van der Waals surface area contributed by atoms with E-state index in [-0.39, 0.29) is 64.6 Å². The average Bonchev–Trinajstić information content (AvgIpc) is 3.62. The van der Waals surface area contributed by atoms with Gasteiger partial charge in [0, 0.05) is 16.9 Å². The zero-order valence-corrected chi connectivity index (χ0v) is 20.9. The van der Waals surface area contributed by atoms with Gasteiger partial charge in [0.25, 0.3) is 0 Å². The molecule has 2 atom stereocenters. The highest BCUT2D eigenvalue weighted by atomic mass is 16.7. The standard InChI is InChI=1S/C26H36O10/c1-3-31-23(27)20(24(28)32-4-2)11-26(14-33-25(34-15-26)18-8-6-5-7-9-18)10-19(21-12-29-16-35-21)22-13-30-17-36-22/h5-9,19-22,25H,3-4,10-17H2,1-2H3. The molecule has 3 heterocycles. The van der Waals surface area contributed by atoms with Crippen molar-refractivity contribution < 1.29 is 47.5 Å². The van der Waals surface area contributed by atoms with E-state index in [1.165, 1.54) is 0 Å². The molecule has 0 amide bonds. The third-order valence-electron chi connectivity index (χ3n) is 6.85. The van der Waals surface area contributed by atoms with Crippen LogP contribution in [-0.2, 0) is 47.5 Å². The maximum atomic E-state index is 12.9. The Labute approximate surface area is 211 Å². The van der Waals surface area contributed by atoms with Gasteiger partial charge in [0.15, 0.2) is 12.2 Å². The first-order valence-corrected chi connectivity index (χ1v) is 12.6. The Morgan fingerprint density at radius 3 is 1.89 bits per heavy atom. The molecular formula is C26H36O10. The predicted molar refractivity (Wildman–Crippen MR) is 124 cm³/mol. The molecule has 1 aromatic carbocycles. The van der Waals surface area contributed by atoms with E-state index in [4.69, 9.17) is 37.9 Å². The van der Waals surface area contributed by atoms with Gasteiger partial charge in [0.05, 0.1) is 51.8 Å². The van der Waals surface area contributed by atoms with E-state index in [0.29, 0.717) is 19.6 Å². The van der Waals surface area contributed by atoms with Gasteiger partial charge in [-0.1, -0.05) is 30.3 Å². The van der Waals surface area contributed by atoms with E-state index in [0.717, 1.165) is 5.56 Å². The summed E-state index contributed by atoms with van der Waals surface area (Å²) in [5.41, 5.74) is 0.188. The molecule has 4 rings (SSSR count). The number of carbonyl (C=O) groups excluding carboxylic acids is 2. The highest BCUT2D eigenvalue weighted by Crippen LogP contribution is 2.44. The molecule has 0 saturated carbocycles. The van der Waals surface area contributed by atoms with Gasteiger partial charge in [-0.15, -0.1) is 0 Å². The van der Waals surface area contributed by atoms with Crippen LogP contribution in [0, 0.1) is 17.3 Å². The van der Waals surface area contributed by atoms with Crippen LogP contribution in [0.1, 0.15) is 38.5 Å². The Bertz CT molecular complexity index is 792. The topological polar surface area (TPSA) is 108 Å². The summed E-state index contributed by atoms with van der Waals surface area (Å²) >= 11 is 0. The maximum absolute atomic E-state index is 12.9. The van der Waals surface area contributed by atoms with Crippen LogP contribution >= 0.6 is 0 Å². The number of ether oxygens (including phenoxy) is 8. The molecule has 3 saturated heterocycles. The van der Waals surface area contributed by atoms with Crippen LogP contribution in [0.5, 0.6) is 0 Å². The number of benzene rings is 1. The molecule has 3 aliphatic heterocycles. The van der Waals surface area contributed by atoms with Crippen LogP contribution in [0.3, 0.4) is 0 Å². The lowest BCUT2D eigenvalue weighted by molar-refractivity contribution is -0.245. The molecular weight excluding hydrogens is 472 g/mol. The summed E-state index contributed by atoms with van der Waals surface area (Å²) in [5, 5.41) is 0. The minimum Gasteiger partial charge on any atom is -0.465 e. The van der Waals surface area contributed by atoms with Gasteiger partial charge in [-0.25, -0.2) is 0 Å². The predicted octanol–water partition coefficient (Wildman–Crippen LogP) is 2.60. The lowest BCUT2D eigenvalue weighted by atomic mass is 9.71. The number of hydrogen-bond acceptors (Lipinski definition) is 10. The molecule has 36 heavy (non-hydrogen) atoms. The number of esters is 2. The third kappa shape index (κ3) is 6.62. The third-order valence-corrected chi connectivity index (χ3v) is 6.85. The van der Waals surface area contributed by atoms with E-state index in [9.17, 15) is 9.59 Å². The van der Waals surface area contributed by atoms with Gasteiger partial charge >= 0.3 is 11.9 Å². The van der Waals surface area contributed by atoms with Crippen LogP contribution in [-0.4, -0.2) is 77.4 Å². The maximum Gasteiger partial charge on any atom is 0.320 e. The summed E-state index contributed by atoms with van der Waals surface area (Å²) in [4.78, 5) is 25.7. The molecule has 0 N–H and O–H groups in total. The Morgan fingerprint density at radius 2 is 1.42 bits per heavy atom. The molecule has 10 nitrogen and oxygen atoms in total. The van der Waals surface area contributed by atoms with E-state index >= 15 is 0 Å². The molecule has 3 aliphatic rings. The lowest BCUT2D eigenvalue weighted by Gasteiger charge is -2.44. The Balaban J connectivity index is 1.59. The smallest absolute Gasteiger partial charge is 0.320 e. The van der Waals surface area contributed by atoms with Gasteiger partial charge in [0.2, 0.25) is 0 Å². The van der Waals surface area contributed by atoms with Crippen molar-refractivity contribution >= 4 is 11.9 Å². The first-order valence-electron chi connectivity index (χ1n) is 12.6. The molecule has 0 radical (unpaired) electrons. The first-order chi connectivity index (χ1) is 17.5. The minimum absolute atomic E-state index is 0.125. The van der Waals surface area contributed by atoms with E-state index in [1.807, 2.05) is 30.3 Å². The van der Waals surface area contributed by atoms with E-state index in [1.54, 1.807) is 13.8 Å². The monoisotopic (exact) mass is 508 g/mol. The van der Waals surface area contributed by atoms with Crippen molar-refractivity contribution in [3.05, 3.63) is 35.9 Å². The quantitative estimate of drug-likeness (QED) is 0.327. The van der Waals surface area contributed by atoms with Crippen molar-refractivity contribution in [3.63, 3.8) is 0 Å². The summed E-state index contributed by atoms with van der Waals surface area (Å²) in [5.74, 6) is -2.45. The molecule has 0 aliphatic carbocycles. The van der Waals surface area contributed by atoms with Crippen LogP contribution in [0.4, 0.5) is 0 Å². The molecule has 3 fully saturated rings. The molecule has 0 bridgehead atoms. The number of hydrogen-bond donors (Lipinski definition) is 0. The fourth-order valence-corrected chi connectivity index (χ4v) is 5.09. The largest absolute Gasteiger partial charge is 0.465 e. The summed E-state index contributed by atoms with van der Waals surface area (Å²) in [7, 11) is 0. The average molecular weight is 509 g/mol. The highest BCUT2D eigenvalue weighted by molar-refractivity contribution is 5.95. The van der Waals surface area contributed by atoms with Gasteiger partial charge in [0.1, 0.15) is 13.6 Å². The van der Waals surface area contributed by atoms with Gasteiger partial charge in [-0.3, -0.25) is 9.59 Å². The van der Waals surface area contributed by atoms with Crippen molar-refractivity contribution in [2.45, 2.75) is 45.2 Å². The van der Waals surface area contributed by atoms with Crippen LogP contribution in [0.25, 0.3) is 0 Å². The summed E-state index contributed by atoms with van der Waals surface area (Å²) in [6.45, 7) is 5.53. The second-order valence-electron chi connectivity index (χ2n) is 9.38. The molecule has 0 spiro atoms. The normalized spacial score (nSPS) is 29.2. The summed E-state index contributed by atoms with van der Waals surface area (Å²) in [6.07, 6.45) is -0.331. The van der Waals surface area contributed by atoms with Crippen molar-refractivity contribution in [2.24, 2.45) is 17.3 Å². The number of carbonyl (C=O) groups is 2. The molecule has 10 heteroatoms. The van der Waals surface area contributed by atoms with Crippen LogP contribution in [0.2, 0.25) is 0 Å². The fraction of sp³-hybridized carbons (Fsp3) is 0.692. The van der Waals surface area contributed by atoms with Crippen molar-refractivity contribution in [3.8, 4) is 0 Å². The fourth-order valence-electron chi connectivity index (χ4n) is 5.09. The zero-order valence-electron chi connectivity index (χ0n) is 20.9. The van der Waals surface area contributed by atoms with Gasteiger partial charge in [-0.05, 0) is 26.7 Å². The molecule has 2 unspecified atom stereocenters. The zero-order chi connectivity index (χ0) is 25.4. The SMILES string of the molecule is CCOC(=O)C(CC1(CC(C2COCO2)C2COCO2)COC(c2ccccc2)OC1)C(=O)OCC. The summed E-state index contributed by atoms with van der Waals surface area (Å²) < 4.78 is 45.6. The van der Waals surface area contributed by atoms with Gasteiger partial charge in [-0.2, -0.15) is 0 Å². The first kappa shape index (κ1) is 27.0. The Kier molecular flexibility index (Phi) is 9.69. The van der Waals surface area contributed by atoms with E-state index in [2.05, 4.69) is 0 Å². The summed E-state index contributed by atoms with van der Waals surface area (Å²) in [6, 6.07) is 9.65. The molecule has 200 valence electrons. The lowest BCUT2D eigenvalue weighted by Crippen LogP contribution is -2.48. The number of rotatable bonds is 11. The second kappa shape index (κ2) is 12.9. The van der Waals surface area contributed by atoms with E-state index < -0.39 is 29.6 Å².